The Labute approximate surface area is 168 Å². The van der Waals surface area contributed by atoms with Crippen LogP contribution in [0.2, 0.25) is 12.1 Å². The van der Waals surface area contributed by atoms with Crippen LogP contribution < -0.4 is 0 Å². The first kappa shape index (κ1) is 20.2. The number of benzene rings is 2. The van der Waals surface area contributed by atoms with Gasteiger partial charge in [-0.2, -0.15) is 0 Å². The lowest BCUT2D eigenvalue weighted by Gasteiger charge is -2.07. The van der Waals surface area contributed by atoms with E-state index in [1.165, 1.54) is 101 Å². The second-order valence-corrected chi connectivity index (χ2v) is 9.26. The first-order valence-corrected chi connectivity index (χ1v) is 12.5. The molecule has 0 spiro atoms. The van der Waals surface area contributed by atoms with Crippen molar-refractivity contribution >= 4 is 31.3 Å². The zero-order valence-corrected chi connectivity index (χ0v) is 18.1. The molecule has 0 aliphatic rings. The summed E-state index contributed by atoms with van der Waals surface area (Å²) in [6.07, 6.45) is 12.7. The van der Waals surface area contributed by atoms with Gasteiger partial charge < -0.3 is 4.57 Å². The normalized spacial score (nSPS) is 11.6. The van der Waals surface area contributed by atoms with Crippen LogP contribution in [0, 0.1) is 0 Å². The minimum Gasteiger partial charge on any atom is -0.340 e. The Kier molecular flexibility index (Phi) is 8.48. The molecule has 2 heteroatoms. The number of aryl methyl sites for hydroxylation is 1. The average molecular weight is 378 g/mol. The van der Waals surface area contributed by atoms with Crippen molar-refractivity contribution in [3.63, 3.8) is 0 Å². The van der Waals surface area contributed by atoms with E-state index >= 15 is 0 Å². The van der Waals surface area contributed by atoms with Crippen molar-refractivity contribution in [2.75, 3.05) is 0 Å². The van der Waals surface area contributed by atoms with Crippen LogP contribution in [-0.2, 0) is 6.54 Å². The van der Waals surface area contributed by atoms with Crippen LogP contribution in [-0.4, -0.2) is 14.1 Å². The highest BCUT2D eigenvalue weighted by Crippen LogP contribution is 2.29. The molecule has 2 aromatic carbocycles. The molecule has 0 bridgehead atoms. The van der Waals surface area contributed by atoms with E-state index in [1.54, 1.807) is 0 Å². The van der Waals surface area contributed by atoms with Gasteiger partial charge in [-0.05, 0) is 18.6 Å². The third kappa shape index (κ3) is 5.71. The summed E-state index contributed by atoms with van der Waals surface area (Å²) in [6.45, 7) is 3.44. The van der Waals surface area contributed by atoms with Crippen molar-refractivity contribution in [3.05, 3.63) is 48.5 Å². The van der Waals surface area contributed by atoms with E-state index in [9.17, 15) is 0 Å². The second kappa shape index (κ2) is 11.3. The van der Waals surface area contributed by atoms with Gasteiger partial charge in [-0.3, -0.25) is 0 Å². The van der Waals surface area contributed by atoms with Crippen LogP contribution in [0.25, 0.3) is 21.8 Å². The molecule has 0 fully saturated rings. The second-order valence-electron chi connectivity index (χ2n) is 7.76. The predicted molar refractivity (Wildman–Crippen MR) is 122 cm³/mol. The molecule has 0 N–H and O–H groups in total. The maximum atomic E-state index is 2.53. The Morgan fingerprint density at radius 3 is 1.78 bits per heavy atom. The van der Waals surface area contributed by atoms with Crippen molar-refractivity contribution in [2.24, 2.45) is 0 Å². The largest absolute Gasteiger partial charge is 0.340 e. The van der Waals surface area contributed by atoms with E-state index in [0.29, 0.717) is 0 Å². The minimum atomic E-state index is 1.15. The SMILES string of the molecule is CCCCCCCC[Si]CCCCCn1c2ccccc2c2ccccc21. The zero-order valence-electron chi connectivity index (χ0n) is 17.1. The average Bonchev–Trinajstić information content (AvgIpc) is 3.03. The lowest BCUT2D eigenvalue weighted by Crippen LogP contribution is -1.98. The fourth-order valence-electron chi connectivity index (χ4n) is 4.10. The molecule has 27 heavy (non-hydrogen) atoms. The Bertz CT molecular complexity index is 751. The fraction of sp³-hybridized carbons (Fsp3) is 0.520. The standard InChI is InChI=1S/C25H35NSi/c1-2-3-4-5-6-13-20-27-21-14-7-12-19-26-24-17-10-8-15-22(24)23-16-9-11-18-25(23)26/h8-11,15-18H,2-7,12-14,19-21H2,1H3. The maximum Gasteiger partial charge on any atom is 0.0491 e. The third-order valence-electron chi connectivity index (χ3n) is 5.62. The molecule has 1 heterocycles. The number of hydrogen-bond acceptors (Lipinski definition) is 0. The van der Waals surface area contributed by atoms with Gasteiger partial charge in [0, 0.05) is 37.9 Å². The highest BCUT2D eigenvalue weighted by atomic mass is 28.2. The first-order chi connectivity index (χ1) is 13.4. The zero-order chi connectivity index (χ0) is 18.7. The van der Waals surface area contributed by atoms with E-state index in [4.69, 9.17) is 0 Å². The minimum absolute atomic E-state index is 1.15. The van der Waals surface area contributed by atoms with Crippen LogP contribution in [0.15, 0.2) is 48.5 Å². The molecule has 0 atom stereocenters. The quantitative estimate of drug-likeness (QED) is 0.211. The van der Waals surface area contributed by atoms with Crippen molar-refractivity contribution in [1.82, 2.24) is 4.57 Å². The number of fused-ring (bicyclic) bond motifs is 3. The van der Waals surface area contributed by atoms with Crippen molar-refractivity contribution in [1.29, 1.82) is 0 Å². The lowest BCUT2D eigenvalue weighted by molar-refractivity contribution is 0.619. The summed E-state index contributed by atoms with van der Waals surface area (Å²) in [6, 6.07) is 20.6. The Balaban J connectivity index is 1.36. The number of rotatable bonds is 13. The molecular formula is C25H35NSi. The van der Waals surface area contributed by atoms with Crippen LogP contribution in [0.3, 0.4) is 0 Å². The van der Waals surface area contributed by atoms with E-state index in [1.807, 2.05) is 0 Å². The number of nitrogens with zero attached hydrogens (tertiary/aromatic N) is 1. The number of unbranched alkanes of at least 4 members (excludes halogenated alkanes) is 7. The fourth-order valence-corrected chi connectivity index (χ4v) is 5.35. The van der Waals surface area contributed by atoms with Gasteiger partial charge in [0.05, 0.1) is 0 Å². The Morgan fingerprint density at radius 2 is 1.15 bits per heavy atom. The van der Waals surface area contributed by atoms with Crippen LogP contribution in [0.5, 0.6) is 0 Å². The van der Waals surface area contributed by atoms with Crippen LogP contribution >= 0.6 is 0 Å². The summed E-state index contributed by atoms with van der Waals surface area (Å²) in [7, 11) is 1.19. The molecule has 0 saturated carbocycles. The number of para-hydroxylation sites is 2. The van der Waals surface area contributed by atoms with Gasteiger partial charge in [0.1, 0.15) is 0 Å². The molecule has 0 aliphatic carbocycles. The molecule has 3 rings (SSSR count). The molecule has 0 amide bonds. The number of hydrogen-bond donors (Lipinski definition) is 0. The van der Waals surface area contributed by atoms with Gasteiger partial charge >= 0.3 is 0 Å². The molecule has 144 valence electrons. The summed E-state index contributed by atoms with van der Waals surface area (Å²) < 4.78 is 2.53. The number of aromatic nitrogens is 1. The summed E-state index contributed by atoms with van der Waals surface area (Å²) in [5.74, 6) is 0. The summed E-state index contributed by atoms with van der Waals surface area (Å²) in [5.41, 5.74) is 2.78. The first-order valence-electron chi connectivity index (χ1n) is 11.1. The summed E-state index contributed by atoms with van der Waals surface area (Å²) in [5, 5.41) is 2.79. The summed E-state index contributed by atoms with van der Waals surface area (Å²) in [4.78, 5) is 0. The van der Waals surface area contributed by atoms with Gasteiger partial charge in [0.2, 0.25) is 0 Å². The Morgan fingerprint density at radius 1 is 0.630 bits per heavy atom. The molecule has 3 aromatic rings. The lowest BCUT2D eigenvalue weighted by atomic mass is 10.1. The molecule has 0 unspecified atom stereocenters. The van der Waals surface area contributed by atoms with Gasteiger partial charge in [0.25, 0.3) is 0 Å². The van der Waals surface area contributed by atoms with Gasteiger partial charge in [-0.15, -0.1) is 0 Å². The topological polar surface area (TPSA) is 4.93 Å². The van der Waals surface area contributed by atoms with Crippen molar-refractivity contribution in [3.8, 4) is 0 Å². The van der Waals surface area contributed by atoms with Crippen LogP contribution in [0.1, 0.15) is 64.7 Å². The molecular weight excluding hydrogens is 342 g/mol. The highest BCUT2D eigenvalue weighted by molar-refractivity contribution is 6.35. The molecule has 2 radical (unpaired) electrons. The van der Waals surface area contributed by atoms with Gasteiger partial charge in [0.15, 0.2) is 0 Å². The van der Waals surface area contributed by atoms with E-state index in [0.717, 1.165) is 6.54 Å². The maximum absolute atomic E-state index is 2.53. The predicted octanol–water partition coefficient (Wildman–Crippen LogP) is 7.87. The molecule has 0 saturated heterocycles. The monoisotopic (exact) mass is 377 g/mol. The van der Waals surface area contributed by atoms with E-state index in [-0.39, 0.29) is 0 Å². The smallest absolute Gasteiger partial charge is 0.0491 e. The molecule has 1 aromatic heterocycles. The van der Waals surface area contributed by atoms with Crippen LogP contribution in [0.4, 0.5) is 0 Å². The van der Waals surface area contributed by atoms with Crippen molar-refractivity contribution in [2.45, 2.75) is 83.3 Å². The molecule has 0 aliphatic heterocycles. The van der Waals surface area contributed by atoms with Gasteiger partial charge in [-0.1, -0.05) is 107 Å². The molecule has 1 nitrogen and oxygen atoms in total. The van der Waals surface area contributed by atoms with Crippen molar-refractivity contribution < 1.29 is 0 Å². The van der Waals surface area contributed by atoms with E-state index in [2.05, 4.69) is 60.0 Å². The van der Waals surface area contributed by atoms with E-state index < -0.39 is 0 Å². The highest BCUT2D eigenvalue weighted by Gasteiger charge is 2.08. The third-order valence-corrected chi connectivity index (χ3v) is 7.04. The summed E-state index contributed by atoms with van der Waals surface area (Å²) >= 11 is 0. The Hall–Kier alpha value is -1.54. The van der Waals surface area contributed by atoms with Gasteiger partial charge in [-0.25, -0.2) is 0 Å².